The van der Waals surface area contributed by atoms with Crippen LogP contribution in [0.2, 0.25) is 0 Å². The van der Waals surface area contributed by atoms with Crippen LogP contribution in [0.1, 0.15) is 53.0 Å². The Morgan fingerprint density at radius 3 is 2.74 bits per heavy atom. The number of carbonyl (C=O) groups is 1. The molecule has 0 spiro atoms. The molecule has 0 bridgehead atoms. The predicted octanol–water partition coefficient (Wildman–Crippen LogP) is 2.65. The molecule has 0 atom stereocenters. The third kappa shape index (κ3) is 3.46. The van der Waals surface area contributed by atoms with Crippen molar-refractivity contribution in [3.8, 4) is 5.75 Å². The molecule has 2 aliphatic rings. The van der Waals surface area contributed by atoms with Gasteiger partial charge in [-0.3, -0.25) is 9.89 Å². The van der Waals surface area contributed by atoms with E-state index in [0.717, 1.165) is 49.4 Å². The molecule has 0 radical (unpaired) electrons. The molecule has 1 aliphatic carbocycles. The van der Waals surface area contributed by atoms with Gasteiger partial charge in [0.1, 0.15) is 5.75 Å². The van der Waals surface area contributed by atoms with Crippen molar-refractivity contribution >= 4 is 5.91 Å². The number of fused-ring (bicyclic) bond motifs is 1. The number of nitrogens with one attached hydrogen (secondary N) is 2. The minimum absolute atomic E-state index is 0.00902. The normalized spacial score (nSPS) is 18.9. The van der Waals surface area contributed by atoms with E-state index in [4.69, 9.17) is 4.74 Å². The summed E-state index contributed by atoms with van der Waals surface area (Å²) in [6.07, 6.45) is 5.51. The van der Waals surface area contributed by atoms with Gasteiger partial charge in [-0.05, 0) is 37.6 Å². The molecule has 2 heterocycles. The highest BCUT2D eigenvalue weighted by Crippen LogP contribution is 2.41. The molecule has 0 saturated heterocycles. The maximum atomic E-state index is 12.9. The molecule has 1 aromatic heterocycles. The Labute approximate surface area is 160 Å². The van der Waals surface area contributed by atoms with Crippen LogP contribution in [-0.2, 0) is 18.4 Å². The van der Waals surface area contributed by atoms with Crippen molar-refractivity contribution in [1.29, 1.82) is 0 Å². The van der Waals surface area contributed by atoms with Crippen LogP contribution in [0.15, 0.2) is 24.3 Å². The average Bonchev–Trinajstić information content (AvgIpc) is 3.34. The second-order valence-corrected chi connectivity index (χ2v) is 7.92. The van der Waals surface area contributed by atoms with Crippen molar-refractivity contribution in [2.24, 2.45) is 0 Å². The lowest BCUT2D eigenvalue weighted by Crippen LogP contribution is -2.39. The number of carbonyl (C=O) groups excluding carboxylic acids is 1. The number of hydrogen-bond acceptors (Lipinski definition) is 4. The first-order valence-corrected chi connectivity index (χ1v) is 9.79. The van der Waals surface area contributed by atoms with Crippen LogP contribution in [-0.4, -0.2) is 48.3 Å². The van der Waals surface area contributed by atoms with E-state index in [0.29, 0.717) is 12.2 Å². The molecule has 1 aromatic carbocycles. The summed E-state index contributed by atoms with van der Waals surface area (Å²) in [5, 5.41) is 10.6. The lowest BCUT2D eigenvalue weighted by atomic mass is 9.78. The minimum Gasteiger partial charge on any atom is -0.497 e. The highest BCUT2D eigenvalue weighted by molar-refractivity contribution is 5.94. The Morgan fingerprint density at radius 2 is 2.04 bits per heavy atom. The summed E-state index contributed by atoms with van der Waals surface area (Å²) in [6.45, 7) is 2.42. The Bertz CT molecular complexity index is 806. The molecule has 1 amide bonds. The summed E-state index contributed by atoms with van der Waals surface area (Å²) < 4.78 is 5.29. The van der Waals surface area contributed by atoms with Crippen LogP contribution in [0.25, 0.3) is 0 Å². The van der Waals surface area contributed by atoms with E-state index in [1.807, 2.05) is 12.1 Å². The number of amides is 1. The van der Waals surface area contributed by atoms with Gasteiger partial charge in [0.2, 0.25) is 0 Å². The minimum atomic E-state index is -0.0670. The fourth-order valence-corrected chi connectivity index (χ4v) is 4.51. The van der Waals surface area contributed by atoms with Crippen LogP contribution >= 0.6 is 0 Å². The molecule has 6 nitrogen and oxygen atoms in total. The van der Waals surface area contributed by atoms with Gasteiger partial charge in [-0.25, -0.2) is 0 Å². The monoisotopic (exact) mass is 368 g/mol. The first-order chi connectivity index (χ1) is 13.1. The highest BCUT2D eigenvalue weighted by Gasteiger charge is 2.36. The van der Waals surface area contributed by atoms with Gasteiger partial charge in [0.25, 0.3) is 5.91 Å². The number of likely N-dealkylation sites (N-methyl/N-ethyl adjacent to an activating group) is 1. The van der Waals surface area contributed by atoms with Crippen molar-refractivity contribution < 1.29 is 9.53 Å². The first-order valence-electron chi connectivity index (χ1n) is 9.79. The SMILES string of the molecule is COc1ccc(C2(CNC(=O)c3n[nH]c4c3CN(C)CC4)CCCC2)cc1. The van der Waals surface area contributed by atoms with E-state index >= 15 is 0 Å². The number of methoxy groups -OCH3 is 1. The summed E-state index contributed by atoms with van der Waals surface area (Å²) in [5.74, 6) is 0.797. The fraction of sp³-hybridized carbons (Fsp3) is 0.524. The molecular formula is C21H28N4O2. The molecule has 2 N–H and O–H groups in total. The average molecular weight is 368 g/mol. The lowest BCUT2D eigenvalue weighted by molar-refractivity contribution is 0.0936. The summed E-state index contributed by atoms with van der Waals surface area (Å²) in [5.41, 5.74) is 3.99. The number of nitrogens with zero attached hydrogens (tertiary/aromatic N) is 2. The van der Waals surface area contributed by atoms with Crippen LogP contribution < -0.4 is 10.1 Å². The standard InChI is InChI=1S/C21H28N4O2/c1-25-12-9-18-17(13-25)19(24-23-18)20(26)22-14-21(10-3-4-11-21)15-5-7-16(27-2)8-6-15/h5-8H,3-4,9-14H2,1-2H3,(H,22,26)(H,23,24). The van der Waals surface area contributed by atoms with Gasteiger partial charge in [0.05, 0.1) is 7.11 Å². The molecule has 27 heavy (non-hydrogen) atoms. The third-order valence-corrected chi connectivity index (χ3v) is 6.19. The third-order valence-electron chi connectivity index (χ3n) is 6.19. The predicted molar refractivity (Wildman–Crippen MR) is 104 cm³/mol. The van der Waals surface area contributed by atoms with Gasteiger partial charge in [-0.1, -0.05) is 25.0 Å². The van der Waals surface area contributed by atoms with Gasteiger partial charge >= 0.3 is 0 Å². The number of H-pyrrole nitrogens is 1. The smallest absolute Gasteiger partial charge is 0.272 e. The van der Waals surface area contributed by atoms with Gasteiger partial charge in [0.15, 0.2) is 5.69 Å². The maximum absolute atomic E-state index is 12.9. The van der Waals surface area contributed by atoms with Crippen molar-refractivity contribution in [3.05, 3.63) is 46.8 Å². The van der Waals surface area contributed by atoms with Crippen molar-refractivity contribution in [1.82, 2.24) is 20.4 Å². The van der Waals surface area contributed by atoms with Crippen molar-refractivity contribution in [2.75, 3.05) is 27.2 Å². The summed E-state index contributed by atoms with van der Waals surface area (Å²) in [7, 11) is 3.76. The first kappa shape index (κ1) is 18.0. The zero-order valence-corrected chi connectivity index (χ0v) is 16.2. The van der Waals surface area contributed by atoms with Crippen molar-refractivity contribution in [3.63, 3.8) is 0 Å². The van der Waals surface area contributed by atoms with Crippen LogP contribution in [0.5, 0.6) is 5.75 Å². The molecule has 2 aromatic rings. The Balaban J connectivity index is 1.50. The Kier molecular flexibility index (Phi) is 4.91. The van der Waals surface area contributed by atoms with Gasteiger partial charge in [0, 0.05) is 42.7 Å². The molecule has 6 heteroatoms. The van der Waals surface area contributed by atoms with Crippen LogP contribution in [0.3, 0.4) is 0 Å². The van der Waals surface area contributed by atoms with Crippen LogP contribution in [0.4, 0.5) is 0 Å². The van der Waals surface area contributed by atoms with E-state index in [1.165, 1.54) is 18.4 Å². The Hall–Kier alpha value is -2.34. The second kappa shape index (κ2) is 7.35. The number of rotatable bonds is 5. The quantitative estimate of drug-likeness (QED) is 0.851. The number of aromatic nitrogens is 2. The van der Waals surface area contributed by atoms with E-state index in [9.17, 15) is 4.79 Å². The number of hydrogen-bond donors (Lipinski definition) is 2. The van der Waals surface area contributed by atoms with Crippen molar-refractivity contribution in [2.45, 2.75) is 44.1 Å². The maximum Gasteiger partial charge on any atom is 0.272 e. The molecule has 144 valence electrons. The molecule has 4 rings (SSSR count). The number of aromatic amines is 1. The largest absolute Gasteiger partial charge is 0.497 e. The van der Waals surface area contributed by atoms with E-state index < -0.39 is 0 Å². The topological polar surface area (TPSA) is 70.2 Å². The fourth-order valence-electron chi connectivity index (χ4n) is 4.51. The molecule has 0 unspecified atom stereocenters. The lowest BCUT2D eigenvalue weighted by Gasteiger charge is -2.30. The second-order valence-electron chi connectivity index (χ2n) is 7.92. The van der Waals surface area contributed by atoms with Crippen LogP contribution in [0, 0.1) is 0 Å². The Morgan fingerprint density at radius 1 is 1.30 bits per heavy atom. The highest BCUT2D eigenvalue weighted by atomic mass is 16.5. The van der Waals surface area contributed by atoms with E-state index in [1.54, 1.807) is 7.11 Å². The van der Waals surface area contributed by atoms with Gasteiger partial charge in [-0.15, -0.1) is 0 Å². The van der Waals surface area contributed by atoms with E-state index in [-0.39, 0.29) is 11.3 Å². The summed E-state index contributed by atoms with van der Waals surface area (Å²) in [4.78, 5) is 15.1. The summed E-state index contributed by atoms with van der Waals surface area (Å²) >= 11 is 0. The zero-order valence-electron chi connectivity index (χ0n) is 16.2. The summed E-state index contributed by atoms with van der Waals surface area (Å²) in [6, 6.07) is 8.30. The van der Waals surface area contributed by atoms with E-state index in [2.05, 4.69) is 39.6 Å². The molecule has 1 fully saturated rings. The number of benzene rings is 1. The molecule has 1 aliphatic heterocycles. The zero-order chi connectivity index (χ0) is 18.9. The van der Waals surface area contributed by atoms with Gasteiger partial charge < -0.3 is 15.0 Å². The molecule has 1 saturated carbocycles. The number of ether oxygens (including phenoxy) is 1. The molecular weight excluding hydrogens is 340 g/mol. The van der Waals surface area contributed by atoms with Gasteiger partial charge in [-0.2, -0.15) is 5.10 Å².